The fourth-order valence-electron chi connectivity index (χ4n) is 2.38. The van der Waals surface area contributed by atoms with Crippen molar-refractivity contribution >= 4 is 10.2 Å². The minimum atomic E-state index is -3.27. The molecule has 0 spiro atoms. The van der Waals surface area contributed by atoms with Crippen molar-refractivity contribution in [3.8, 4) is 0 Å². The van der Waals surface area contributed by atoms with Gasteiger partial charge in [0.2, 0.25) is 0 Å². The molecule has 0 aromatic rings. The first-order valence-electron chi connectivity index (χ1n) is 6.62. The van der Waals surface area contributed by atoms with E-state index in [2.05, 4.69) is 21.7 Å². The Labute approximate surface area is 104 Å². The Morgan fingerprint density at radius 2 is 1.29 bits per heavy atom. The molecule has 0 radical (unpaired) electrons. The van der Waals surface area contributed by atoms with Crippen molar-refractivity contribution in [1.29, 1.82) is 0 Å². The summed E-state index contributed by atoms with van der Waals surface area (Å²) in [5.74, 6) is 0. The van der Waals surface area contributed by atoms with E-state index < -0.39 is 10.2 Å². The first-order chi connectivity index (χ1) is 8.09. The zero-order chi connectivity index (χ0) is 12.3. The van der Waals surface area contributed by atoms with Crippen LogP contribution in [0.1, 0.15) is 45.4 Å². The number of nitrogens with one attached hydrogen (secondary N) is 3. The molecule has 2 saturated carbocycles. The molecule has 6 heteroatoms. The van der Waals surface area contributed by atoms with E-state index in [4.69, 9.17) is 0 Å². The second-order valence-corrected chi connectivity index (χ2v) is 6.60. The molecule has 17 heavy (non-hydrogen) atoms. The normalized spacial score (nSPS) is 30.4. The molecule has 2 aliphatic rings. The maximum atomic E-state index is 11.7. The van der Waals surface area contributed by atoms with Crippen LogP contribution in [-0.2, 0) is 10.2 Å². The molecule has 0 amide bonds. The molecule has 0 aromatic heterocycles. The van der Waals surface area contributed by atoms with Crippen molar-refractivity contribution in [3.05, 3.63) is 0 Å². The van der Waals surface area contributed by atoms with Crippen molar-refractivity contribution in [2.45, 2.75) is 63.6 Å². The summed E-state index contributed by atoms with van der Waals surface area (Å²) in [6.07, 6.45) is 5.95. The van der Waals surface area contributed by atoms with Crippen LogP contribution in [-0.4, -0.2) is 33.1 Å². The van der Waals surface area contributed by atoms with Crippen molar-refractivity contribution in [3.63, 3.8) is 0 Å². The Hall–Kier alpha value is -0.170. The molecule has 3 N–H and O–H groups in total. The summed E-state index contributed by atoms with van der Waals surface area (Å²) in [6.45, 7) is 3.10. The van der Waals surface area contributed by atoms with E-state index in [0.717, 1.165) is 45.1 Å². The summed E-state index contributed by atoms with van der Waals surface area (Å²) >= 11 is 0. The standard InChI is InChI=1S/C11H23N3O2S/c1-2-12-9-3-5-10(6-4-9)13-17(15,16)14-11-7-8-11/h9-14H,2-8H2,1H3. The lowest BCUT2D eigenvalue weighted by atomic mass is 9.92. The van der Waals surface area contributed by atoms with Gasteiger partial charge in [-0.1, -0.05) is 6.92 Å². The molecule has 0 aliphatic heterocycles. The molecule has 2 fully saturated rings. The Morgan fingerprint density at radius 3 is 1.71 bits per heavy atom. The van der Waals surface area contributed by atoms with Crippen LogP contribution in [0.2, 0.25) is 0 Å². The van der Waals surface area contributed by atoms with Crippen molar-refractivity contribution < 1.29 is 8.42 Å². The quantitative estimate of drug-likeness (QED) is 0.652. The number of hydrogen-bond donors (Lipinski definition) is 3. The van der Waals surface area contributed by atoms with Crippen molar-refractivity contribution in [2.24, 2.45) is 0 Å². The summed E-state index contributed by atoms with van der Waals surface area (Å²) in [5, 5.41) is 3.42. The van der Waals surface area contributed by atoms with Crippen molar-refractivity contribution in [1.82, 2.24) is 14.8 Å². The average molecular weight is 261 g/mol. The summed E-state index contributed by atoms with van der Waals surface area (Å²) in [5.41, 5.74) is 0. The fraction of sp³-hybridized carbons (Fsp3) is 1.00. The van der Waals surface area contributed by atoms with E-state index in [1.54, 1.807) is 0 Å². The van der Waals surface area contributed by atoms with Gasteiger partial charge in [0.15, 0.2) is 0 Å². The molecular formula is C11H23N3O2S. The van der Waals surface area contributed by atoms with Gasteiger partial charge in [-0.2, -0.15) is 17.9 Å². The van der Waals surface area contributed by atoms with Gasteiger partial charge < -0.3 is 5.32 Å². The van der Waals surface area contributed by atoms with E-state index in [9.17, 15) is 8.42 Å². The highest BCUT2D eigenvalue weighted by atomic mass is 32.2. The highest BCUT2D eigenvalue weighted by molar-refractivity contribution is 7.87. The highest BCUT2D eigenvalue weighted by Crippen LogP contribution is 2.21. The smallest absolute Gasteiger partial charge is 0.277 e. The summed E-state index contributed by atoms with van der Waals surface area (Å²) in [7, 11) is -3.27. The third-order valence-electron chi connectivity index (χ3n) is 3.44. The zero-order valence-electron chi connectivity index (χ0n) is 10.4. The summed E-state index contributed by atoms with van der Waals surface area (Å²) < 4.78 is 28.9. The van der Waals surface area contributed by atoms with Crippen LogP contribution in [0, 0.1) is 0 Å². The van der Waals surface area contributed by atoms with Gasteiger partial charge in [-0.25, -0.2) is 0 Å². The predicted molar refractivity (Wildman–Crippen MR) is 67.9 cm³/mol. The van der Waals surface area contributed by atoms with Crippen LogP contribution in [0.15, 0.2) is 0 Å². The summed E-state index contributed by atoms with van der Waals surface area (Å²) in [4.78, 5) is 0. The average Bonchev–Trinajstić information content (AvgIpc) is 3.04. The van der Waals surface area contributed by atoms with Gasteiger partial charge in [0.25, 0.3) is 10.2 Å². The highest BCUT2D eigenvalue weighted by Gasteiger charge is 2.29. The molecule has 0 unspecified atom stereocenters. The first kappa shape index (κ1) is 13.3. The Bertz CT molecular complexity index is 333. The van der Waals surface area contributed by atoms with Crippen LogP contribution >= 0.6 is 0 Å². The van der Waals surface area contributed by atoms with Crippen LogP contribution < -0.4 is 14.8 Å². The Kier molecular flexibility index (Phi) is 4.41. The minimum Gasteiger partial charge on any atom is -0.314 e. The van der Waals surface area contributed by atoms with E-state index >= 15 is 0 Å². The largest absolute Gasteiger partial charge is 0.314 e. The maximum Gasteiger partial charge on any atom is 0.277 e. The van der Waals surface area contributed by atoms with Crippen molar-refractivity contribution in [2.75, 3.05) is 6.54 Å². The molecular weight excluding hydrogens is 238 g/mol. The Morgan fingerprint density at radius 1 is 0.882 bits per heavy atom. The van der Waals surface area contributed by atoms with E-state index in [-0.39, 0.29) is 12.1 Å². The molecule has 2 aliphatic carbocycles. The topological polar surface area (TPSA) is 70.2 Å². The van der Waals surface area contributed by atoms with Crippen LogP contribution in [0.5, 0.6) is 0 Å². The van der Waals surface area contributed by atoms with Crippen LogP contribution in [0.3, 0.4) is 0 Å². The van der Waals surface area contributed by atoms with Gasteiger partial charge in [-0.05, 0) is 45.1 Å². The third-order valence-corrected chi connectivity index (χ3v) is 4.73. The lowest BCUT2D eigenvalue weighted by molar-refractivity contribution is 0.332. The number of hydrogen-bond acceptors (Lipinski definition) is 3. The van der Waals surface area contributed by atoms with Crippen LogP contribution in [0.4, 0.5) is 0 Å². The second-order valence-electron chi connectivity index (χ2n) is 5.12. The molecule has 0 aromatic carbocycles. The summed E-state index contributed by atoms with van der Waals surface area (Å²) in [6, 6.07) is 0.865. The first-order valence-corrected chi connectivity index (χ1v) is 8.10. The Balaban J connectivity index is 1.73. The number of rotatable bonds is 6. The SMILES string of the molecule is CCNC1CCC(NS(=O)(=O)NC2CC2)CC1. The minimum absolute atomic E-state index is 0.112. The predicted octanol–water partition coefficient (Wildman–Crippen LogP) is 0.494. The van der Waals surface area contributed by atoms with E-state index in [1.165, 1.54) is 0 Å². The molecule has 100 valence electrons. The molecule has 2 rings (SSSR count). The van der Waals surface area contributed by atoms with Gasteiger partial charge in [0, 0.05) is 18.1 Å². The molecule has 0 atom stereocenters. The van der Waals surface area contributed by atoms with Gasteiger partial charge in [0.1, 0.15) is 0 Å². The van der Waals surface area contributed by atoms with Gasteiger partial charge in [0.05, 0.1) is 0 Å². The molecule has 0 heterocycles. The molecule has 0 saturated heterocycles. The van der Waals surface area contributed by atoms with E-state index in [1.807, 2.05) is 0 Å². The molecule has 5 nitrogen and oxygen atoms in total. The second kappa shape index (κ2) is 5.65. The third kappa shape index (κ3) is 4.54. The lowest BCUT2D eigenvalue weighted by Gasteiger charge is -2.29. The lowest BCUT2D eigenvalue weighted by Crippen LogP contribution is -2.46. The zero-order valence-corrected chi connectivity index (χ0v) is 11.2. The van der Waals surface area contributed by atoms with Gasteiger partial charge in [-0.3, -0.25) is 0 Å². The van der Waals surface area contributed by atoms with E-state index in [0.29, 0.717) is 6.04 Å². The maximum absolute atomic E-state index is 11.7. The fourth-order valence-corrected chi connectivity index (χ4v) is 3.80. The monoisotopic (exact) mass is 261 g/mol. The van der Waals surface area contributed by atoms with Gasteiger partial charge in [-0.15, -0.1) is 0 Å². The van der Waals surface area contributed by atoms with Gasteiger partial charge >= 0.3 is 0 Å². The molecule has 0 bridgehead atoms. The van der Waals surface area contributed by atoms with Crippen LogP contribution in [0.25, 0.3) is 0 Å².